The summed E-state index contributed by atoms with van der Waals surface area (Å²) in [5.41, 5.74) is 0.648. The number of aromatic amines is 1. The summed E-state index contributed by atoms with van der Waals surface area (Å²) in [5.74, 6) is 0. The summed E-state index contributed by atoms with van der Waals surface area (Å²) in [6.07, 6.45) is 3.19. The van der Waals surface area contributed by atoms with Crippen molar-refractivity contribution >= 4 is 23.1 Å². The molecule has 0 spiro atoms. The van der Waals surface area contributed by atoms with Gasteiger partial charge in [-0.15, -0.1) is 11.3 Å². The molecular formula is C12H17N5OS. The van der Waals surface area contributed by atoms with Crippen molar-refractivity contribution in [2.45, 2.75) is 6.04 Å². The summed E-state index contributed by atoms with van der Waals surface area (Å²) in [6.45, 7) is 0.553. The zero-order chi connectivity index (χ0) is 13.7. The molecule has 0 bridgehead atoms. The van der Waals surface area contributed by atoms with Crippen LogP contribution in [0.2, 0.25) is 0 Å². The Balaban J connectivity index is 1.87. The smallest absolute Gasteiger partial charge is 0.319 e. The van der Waals surface area contributed by atoms with Crippen LogP contribution in [0.4, 0.5) is 10.5 Å². The van der Waals surface area contributed by atoms with Gasteiger partial charge in [0.05, 0.1) is 17.9 Å². The maximum Gasteiger partial charge on any atom is 0.319 e. The first-order chi connectivity index (χ1) is 9.16. The minimum absolute atomic E-state index is 0.176. The van der Waals surface area contributed by atoms with Gasteiger partial charge in [0.2, 0.25) is 0 Å². The molecule has 3 N–H and O–H groups in total. The van der Waals surface area contributed by atoms with Crippen LogP contribution in [0, 0.1) is 0 Å². The van der Waals surface area contributed by atoms with Gasteiger partial charge in [-0.3, -0.25) is 5.10 Å². The van der Waals surface area contributed by atoms with E-state index in [1.54, 1.807) is 23.7 Å². The van der Waals surface area contributed by atoms with Gasteiger partial charge in [0, 0.05) is 17.6 Å². The lowest BCUT2D eigenvalue weighted by atomic mass is 10.2. The summed E-state index contributed by atoms with van der Waals surface area (Å²) in [4.78, 5) is 15.0. The lowest BCUT2D eigenvalue weighted by Crippen LogP contribution is -2.36. The summed E-state index contributed by atoms with van der Waals surface area (Å²) < 4.78 is 0. The number of amides is 2. The normalized spacial score (nSPS) is 12.4. The number of likely N-dealkylation sites (N-methyl/N-ethyl adjacent to an activating group) is 1. The highest BCUT2D eigenvalue weighted by molar-refractivity contribution is 7.10. The number of carbonyl (C=O) groups excluding carboxylic acids is 1. The molecule has 19 heavy (non-hydrogen) atoms. The number of nitrogens with one attached hydrogen (secondary N) is 3. The molecule has 2 amide bonds. The average Bonchev–Trinajstić information content (AvgIpc) is 3.01. The van der Waals surface area contributed by atoms with E-state index in [-0.39, 0.29) is 12.1 Å². The lowest BCUT2D eigenvalue weighted by molar-refractivity contribution is 0.244. The third-order valence-electron chi connectivity index (χ3n) is 2.71. The standard InChI is InChI=1S/C12H17N5OS/c1-17(2)10(11-4-3-5-19-11)8-13-12(18)16-9-6-14-15-7-9/h3-7,10H,8H2,1-2H3,(H,14,15)(H2,13,16,18). The predicted molar refractivity (Wildman–Crippen MR) is 76.4 cm³/mol. The van der Waals surface area contributed by atoms with Crippen molar-refractivity contribution in [1.29, 1.82) is 0 Å². The minimum atomic E-state index is -0.232. The van der Waals surface area contributed by atoms with Crippen LogP contribution in [0.5, 0.6) is 0 Å². The van der Waals surface area contributed by atoms with Crippen molar-refractivity contribution in [3.63, 3.8) is 0 Å². The van der Waals surface area contributed by atoms with Crippen molar-refractivity contribution in [3.05, 3.63) is 34.8 Å². The Kier molecular flexibility index (Phi) is 4.53. The molecule has 2 rings (SSSR count). The maximum absolute atomic E-state index is 11.7. The molecule has 7 heteroatoms. The van der Waals surface area contributed by atoms with Crippen LogP contribution < -0.4 is 10.6 Å². The van der Waals surface area contributed by atoms with E-state index in [0.717, 1.165) is 0 Å². The van der Waals surface area contributed by atoms with Gasteiger partial charge >= 0.3 is 6.03 Å². The second-order valence-corrected chi connectivity index (χ2v) is 5.30. The van der Waals surface area contributed by atoms with E-state index in [4.69, 9.17) is 0 Å². The monoisotopic (exact) mass is 279 g/mol. The summed E-state index contributed by atoms with van der Waals surface area (Å²) in [7, 11) is 4.00. The average molecular weight is 279 g/mol. The second-order valence-electron chi connectivity index (χ2n) is 4.32. The Bertz CT molecular complexity index is 494. The SMILES string of the molecule is CN(C)C(CNC(=O)Nc1cn[nH]c1)c1cccs1. The van der Waals surface area contributed by atoms with Gasteiger partial charge in [-0.05, 0) is 25.5 Å². The van der Waals surface area contributed by atoms with Gasteiger partial charge in [0.1, 0.15) is 0 Å². The van der Waals surface area contributed by atoms with Crippen molar-refractivity contribution < 1.29 is 4.79 Å². The molecule has 1 atom stereocenters. The van der Waals surface area contributed by atoms with Crippen molar-refractivity contribution in [3.8, 4) is 0 Å². The number of thiophene rings is 1. The molecule has 2 aromatic rings. The minimum Gasteiger partial charge on any atom is -0.336 e. The fourth-order valence-corrected chi connectivity index (χ4v) is 2.63. The molecule has 0 radical (unpaired) electrons. The fourth-order valence-electron chi connectivity index (χ4n) is 1.70. The molecule has 0 aromatic carbocycles. The van der Waals surface area contributed by atoms with E-state index in [0.29, 0.717) is 12.2 Å². The van der Waals surface area contributed by atoms with Gasteiger partial charge in [-0.25, -0.2) is 4.79 Å². The fraction of sp³-hybridized carbons (Fsp3) is 0.333. The quantitative estimate of drug-likeness (QED) is 0.782. The number of H-pyrrole nitrogens is 1. The zero-order valence-corrected chi connectivity index (χ0v) is 11.7. The van der Waals surface area contributed by atoms with E-state index in [1.807, 2.05) is 25.5 Å². The Morgan fingerprint density at radius 1 is 1.58 bits per heavy atom. The van der Waals surface area contributed by atoms with E-state index in [9.17, 15) is 4.79 Å². The second kappa shape index (κ2) is 6.35. The number of hydrogen-bond acceptors (Lipinski definition) is 4. The predicted octanol–water partition coefficient (Wildman–Crippen LogP) is 1.90. The number of hydrogen-bond donors (Lipinski definition) is 3. The van der Waals surface area contributed by atoms with Gasteiger partial charge in [-0.1, -0.05) is 6.07 Å². The Hall–Kier alpha value is -1.86. The Labute approximate surface area is 115 Å². The van der Waals surface area contributed by atoms with Crippen molar-refractivity contribution in [2.24, 2.45) is 0 Å². The third-order valence-corrected chi connectivity index (χ3v) is 3.68. The molecule has 102 valence electrons. The highest BCUT2D eigenvalue weighted by Crippen LogP contribution is 2.22. The number of aromatic nitrogens is 2. The maximum atomic E-state index is 11.7. The van der Waals surface area contributed by atoms with Crippen LogP contribution in [0.25, 0.3) is 0 Å². The van der Waals surface area contributed by atoms with Gasteiger partial charge in [0.15, 0.2) is 0 Å². The van der Waals surface area contributed by atoms with Crippen LogP contribution in [0.3, 0.4) is 0 Å². The van der Waals surface area contributed by atoms with Crippen molar-refractivity contribution in [1.82, 2.24) is 20.4 Å². The molecule has 0 saturated heterocycles. The highest BCUT2D eigenvalue weighted by Gasteiger charge is 2.16. The zero-order valence-electron chi connectivity index (χ0n) is 10.9. The van der Waals surface area contributed by atoms with E-state index in [2.05, 4.69) is 31.8 Å². The molecular weight excluding hydrogens is 262 g/mol. The van der Waals surface area contributed by atoms with E-state index < -0.39 is 0 Å². The van der Waals surface area contributed by atoms with Crippen LogP contribution in [0.15, 0.2) is 29.9 Å². The van der Waals surface area contributed by atoms with Gasteiger partial charge in [0.25, 0.3) is 0 Å². The Morgan fingerprint density at radius 3 is 3.00 bits per heavy atom. The van der Waals surface area contributed by atoms with Crippen LogP contribution in [0.1, 0.15) is 10.9 Å². The van der Waals surface area contributed by atoms with Crippen LogP contribution >= 0.6 is 11.3 Å². The van der Waals surface area contributed by atoms with Crippen LogP contribution in [-0.2, 0) is 0 Å². The molecule has 2 aromatic heterocycles. The van der Waals surface area contributed by atoms with Gasteiger partial charge in [-0.2, -0.15) is 5.10 Å². The number of nitrogens with zero attached hydrogens (tertiary/aromatic N) is 2. The first-order valence-electron chi connectivity index (χ1n) is 5.90. The highest BCUT2D eigenvalue weighted by atomic mass is 32.1. The molecule has 6 nitrogen and oxygen atoms in total. The molecule has 2 heterocycles. The lowest BCUT2D eigenvalue weighted by Gasteiger charge is -2.23. The number of rotatable bonds is 5. The molecule has 0 fully saturated rings. The van der Waals surface area contributed by atoms with E-state index in [1.165, 1.54) is 4.88 Å². The van der Waals surface area contributed by atoms with Crippen LogP contribution in [-0.4, -0.2) is 41.8 Å². The topological polar surface area (TPSA) is 73.1 Å². The number of carbonyl (C=O) groups is 1. The van der Waals surface area contributed by atoms with Crippen molar-refractivity contribution in [2.75, 3.05) is 26.0 Å². The third kappa shape index (κ3) is 3.80. The Morgan fingerprint density at radius 2 is 2.42 bits per heavy atom. The van der Waals surface area contributed by atoms with Gasteiger partial charge < -0.3 is 15.5 Å². The molecule has 0 aliphatic carbocycles. The molecule has 0 saturated carbocycles. The largest absolute Gasteiger partial charge is 0.336 e. The summed E-state index contributed by atoms with van der Waals surface area (Å²) >= 11 is 1.69. The first-order valence-corrected chi connectivity index (χ1v) is 6.78. The number of urea groups is 1. The summed E-state index contributed by atoms with van der Waals surface area (Å²) in [5, 5.41) is 14.0. The molecule has 0 aliphatic heterocycles. The summed E-state index contributed by atoms with van der Waals surface area (Å²) in [6, 6.07) is 4.03. The molecule has 1 unspecified atom stereocenters. The van der Waals surface area contributed by atoms with E-state index >= 15 is 0 Å². The number of anilines is 1. The molecule has 0 aliphatic rings. The first kappa shape index (κ1) is 13.6.